The molecular formula is C25H21ClN2O4S. The summed E-state index contributed by atoms with van der Waals surface area (Å²) in [4.78, 5) is 29.1. The zero-order valence-corrected chi connectivity index (χ0v) is 19.6. The van der Waals surface area contributed by atoms with Crippen molar-refractivity contribution in [2.45, 2.75) is 11.8 Å². The summed E-state index contributed by atoms with van der Waals surface area (Å²) in [5, 5.41) is 3.72. The van der Waals surface area contributed by atoms with Crippen LogP contribution in [0, 0.1) is 0 Å². The number of nitrogens with one attached hydrogen (secondary N) is 1. The first kappa shape index (κ1) is 22.8. The van der Waals surface area contributed by atoms with Gasteiger partial charge in [-0.3, -0.25) is 9.59 Å². The predicted molar refractivity (Wildman–Crippen MR) is 131 cm³/mol. The van der Waals surface area contributed by atoms with E-state index in [-0.39, 0.29) is 5.70 Å². The first-order valence-corrected chi connectivity index (χ1v) is 11.4. The monoisotopic (exact) mass is 480 g/mol. The van der Waals surface area contributed by atoms with Crippen molar-refractivity contribution in [3.05, 3.63) is 88.4 Å². The van der Waals surface area contributed by atoms with Crippen LogP contribution in [0.15, 0.2) is 88.3 Å². The van der Waals surface area contributed by atoms with E-state index < -0.39 is 11.8 Å². The van der Waals surface area contributed by atoms with Crippen molar-refractivity contribution in [2.24, 2.45) is 0 Å². The number of methoxy groups -OCH3 is 1. The molecule has 1 aliphatic rings. The van der Waals surface area contributed by atoms with E-state index in [0.29, 0.717) is 39.4 Å². The van der Waals surface area contributed by atoms with Gasteiger partial charge in [-0.1, -0.05) is 29.4 Å². The number of benzene rings is 3. The fourth-order valence-electron chi connectivity index (χ4n) is 3.27. The van der Waals surface area contributed by atoms with Gasteiger partial charge < -0.3 is 14.8 Å². The normalized spacial score (nSPS) is 13.5. The standard InChI is InChI=1S/C25H21ClN2O4S/c1-3-32-19-11-9-18(10-12-19)28-24(29)22(27-17-5-4-6-20(15-17)31-2)23(25(28)30)33-21-13-7-16(26)8-14-21/h4-15,27H,3H2,1-2H3. The van der Waals surface area contributed by atoms with E-state index in [1.165, 1.54) is 11.8 Å². The smallest absolute Gasteiger partial charge is 0.283 e. The van der Waals surface area contributed by atoms with Crippen molar-refractivity contribution in [3.63, 3.8) is 0 Å². The molecule has 3 aromatic rings. The van der Waals surface area contributed by atoms with Crippen molar-refractivity contribution in [1.29, 1.82) is 0 Å². The van der Waals surface area contributed by atoms with Gasteiger partial charge in [-0.05, 0) is 67.6 Å². The number of rotatable bonds is 8. The van der Waals surface area contributed by atoms with Gasteiger partial charge in [0, 0.05) is 21.7 Å². The highest BCUT2D eigenvalue weighted by Gasteiger charge is 2.40. The minimum absolute atomic E-state index is 0.196. The molecule has 1 heterocycles. The molecule has 0 saturated heterocycles. The van der Waals surface area contributed by atoms with Crippen molar-refractivity contribution in [2.75, 3.05) is 23.9 Å². The lowest BCUT2D eigenvalue weighted by Gasteiger charge is -2.16. The fraction of sp³-hybridized carbons (Fsp3) is 0.120. The second-order valence-corrected chi connectivity index (χ2v) is 8.51. The van der Waals surface area contributed by atoms with Gasteiger partial charge in [-0.25, -0.2) is 4.90 Å². The van der Waals surface area contributed by atoms with Crippen LogP contribution >= 0.6 is 23.4 Å². The summed E-state index contributed by atoms with van der Waals surface area (Å²) in [7, 11) is 1.57. The quantitative estimate of drug-likeness (QED) is 0.415. The van der Waals surface area contributed by atoms with E-state index in [4.69, 9.17) is 21.1 Å². The Morgan fingerprint density at radius 3 is 2.33 bits per heavy atom. The third-order valence-electron chi connectivity index (χ3n) is 4.82. The molecule has 0 aliphatic carbocycles. The molecule has 0 saturated carbocycles. The van der Waals surface area contributed by atoms with Crippen LogP contribution in [0.2, 0.25) is 5.02 Å². The number of hydrogen-bond donors (Lipinski definition) is 1. The minimum Gasteiger partial charge on any atom is -0.497 e. The van der Waals surface area contributed by atoms with Crippen LogP contribution in [0.5, 0.6) is 11.5 Å². The van der Waals surface area contributed by atoms with Gasteiger partial charge in [0.1, 0.15) is 22.1 Å². The topological polar surface area (TPSA) is 67.9 Å². The number of anilines is 2. The van der Waals surface area contributed by atoms with Crippen LogP contribution in [0.25, 0.3) is 0 Å². The molecule has 1 N–H and O–H groups in total. The molecule has 0 bridgehead atoms. The number of nitrogens with zero attached hydrogens (tertiary/aromatic N) is 1. The molecule has 0 unspecified atom stereocenters. The van der Waals surface area contributed by atoms with E-state index in [9.17, 15) is 9.59 Å². The summed E-state index contributed by atoms with van der Waals surface area (Å²) in [6, 6.07) is 21.1. The Morgan fingerprint density at radius 2 is 1.67 bits per heavy atom. The third kappa shape index (κ3) is 4.99. The summed E-state index contributed by atoms with van der Waals surface area (Å²) >= 11 is 7.21. The number of halogens is 1. The number of imide groups is 1. The summed E-state index contributed by atoms with van der Waals surface area (Å²) in [5.74, 6) is 0.449. The van der Waals surface area contributed by atoms with E-state index in [1.54, 1.807) is 79.9 Å². The molecule has 33 heavy (non-hydrogen) atoms. The lowest BCUT2D eigenvalue weighted by molar-refractivity contribution is -0.120. The highest BCUT2D eigenvalue weighted by Crippen LogP contribution is 2.38. The number of carbonyl (C=O) groups excluding carboxylic acids is 2. The number of carbonyl (C=O) groups is 2. The number of thioether (sulfide) groups is 1. The molecule has 4 rings (SSSR count). The third-order valence-corrected chi connectivity index (χ3v) is 6.16. The Morgan fingerprint density at radius 1 is 0.939 bits per heavy atom. The molecule has 0 fully saturated rings. The molecule has 1 aliphatic heterocycles. The Hall–Kier alpha value is -3.42. The fourth-order valence-corrected chi connectivity index (χ4v) is 4.33. The van der Waals surface area contributed by atoms with Crippen LogP contribution < -0.4 is 19.7 Å². The molecule has 0 atom stereocenters. The van der Waals surface area contributed by atoms with Crippen molar-refractivity contribution in [3.8, 4) is 11.5 Å². The second-order valence-electron chi connectivity index (χ2n) is 6.99. The summed E-state index contributed by atoms with van der Waals surface area (Å²) in [5.41, 5.74) is 1.29. The minimum atomic E-state index is -0.441. The number of hydrogen-bond acceptors (Lipinski definition) is 6. The Bertz CT molecular complexity index is 1210. The average molecular weight is 481 g/mol. The maximum Gasteiger partial charge on any atom is 0.283 e. The van der Waals surface area contributed by atoms with E-state index in [1.807, 2.05) is 6.92 Å². The molecule has 168 valence electrons. The average Bonchev–Trinajstić information content (AvgIpc) is 3.05. The van der Waals surface area contributed by atoms with Crippen LogP contribution in [0.1, 0.15) is 6.92 Å². The zero-order chi connectivity index (χ0) is 23.4. The van der Waals surface area contributed by atoms with Crippen LogP contribution in [0.4, 0.5) is 11.4 Å². The van der Waals surface area contributed by atoms with Crippen LogP contribution in [-0.4, -0.2) is 25.5 Å². The van der Waals surface area contributed by atoms with Crippen molar-refractivity contribution >= 4 is 46.6 Å². The number of amides is 2. The maximum atomic E-state index is 13.4. The highest BCUT2D eigenvalue weighted by atomic mass is 35.5. The molecule has 2 amide bonds. The molecular weight excluding hydrogens is 460 g/mol. The first-order chi connectivity index (χ1) is 16.0. The summed E-state index contributed by atoms with van der Waals surface area (Å²) in [6.07, 6.45) is 0. The van der Waals surface area contributed by atoms with Crippen molar-refractivity contribution < 1.29 is 19.1 Å². The van der Waals surface area contributed by atoms with Gasteiger partial charge in [-0.2, -0.15) is 0 Å². The van der Waals surface area contributed by atoms with Crippen molar-refractivity contribution in [1.82, 2.24) is 0 Å². The van der Waals surface area contributed by atoms with Crippen LogP contribution in [-0.2, 0) is 9.59 Å². The van der Waals surface area contributed by atoms with Gasteiger partial charge in [0.2, 0.25) is 0 Å². The van der Waals surface area contributed by atoms with Crippen LogP contribution in [0.3, 0.4) is 0 Å². The molecule has 0 spiro atoms. The van der Waals surface area contributed by atoms with E-state index in [2.05, 4.69) is 5.32 Å². The summed E-state index contributed by atoms with van der Waals surface area (Å²) < 4.78 is 10.7. The SMILES string of the molecule is CCOc1ccc(N2C(=O)C(Nc3cccc(OC)c3)=C(Sc3ccc(Cl)cc3)C2=O)cc1. The van der Waals surface area contributed by atoms with Gasteiger partial charge in [-0.15, -0.1) is 0 Å². The molecule has 6 nitrogen and oxygen atoms in total. The van der Waals surface area contributed by atoms with E-state index >= 15 is 0 Å². The lowest BCUT2D eigenvalue weighted by Crippen LogP contribution is -2.32. The van der Waals surface area contributed by atoms with Gasteiger partial charge in [0.25, 0.3) is 11.8 Å². The van der Waals surface area contributed by atoms with Gasteiger partial charge in [0.05, 0.1) is 19.4 Å². The Balaban J connectivity index is 1.70. The number of ether oxygens (including phenoxy) is 2. The summed E-state index contributed by atoms with van der Waals surface area (Å²) in [6.45, 7) is 2.42. The molecule has 3 aromatic carbocycles. The zero-order valence-electron chi connectivity index (χ0n) is 18.0. The molecule has 8 heteroatoms. The van der Waals surface area contributed by atoms with Gasteiger partial charge >= 0.3 is 0 Å². The lowest BCUT2D eigenvalue weighted by atomic mass is 10.2. The highest BCUT2D eigenvalue weighted by molar-refractivity contribution is 8.04. The molecule has 0 radical (unpaired) electrons. The molecule has 0 aromatic heterocycles. The Kier molecular flexibility index (Phi) is 6.91. The maximum absolute atomic E-state index is 13.4. The van der Waals surface area contributed by atoms with E-state index in [0.717, 1.165) is 9.80 Å². The van der Waals surface area contributed by atoms with Gasteiger partial charge in [0.15, 0.2) is 0 Å². The first-order valence-electron chi connectivity index (χ1n) is 10.2. The largest absolute Gasteiger partial charge is 0.497 e. The second kappa shape index (κ2) is 10.0. The predicted octanol–water partition coefficient (Wildman–Crippen LogP) is 5.74. The Labute approximate surface area is 201 Å².